The summed E-state index contributed by atoms with van der Waals surface area (Å²) in [5.41, 5.74) is 3.28. The number of halogens is 1. The van der Waals surface area contributed by atoms with Gasteiger partial charge in [0.25, 0.3) is 0 Å². The van der Waals surface area contributed by atoms with E-state index in [-0.39, 0.29) is 0 Å². The average Bonchev–Trinajstić information content (AvgIpc) is 2.87. The quantitative estimate of drug-likeness (QED) is 0.702. The van der Waals surface area contributed by atoms with E-state index < -0.39 is 0 Å². The van der Waals surface area contributed by atoms with Gasteiger partial charge in [0.2, 0.25) is 0 Å². The van der Waals surface area contributed by atoms with E-state index in [9.17, 15) is 0 Å². The van der Waals surface area contributed by atoms with Gasteiger partial charge in [-0.25, -0.2) is 9.97 Å². The number of pyridine rings is 1. The second kappa shape index (κ2) is 5.21. The van der Waals surface area contributed by atoms with Crippen molar-refractivity contribution in [3.8, 4) is 17.2 Å². The van der Waals surface area contributed by atoms with E-state index in [1.165, 1.54) is 5.56 Å². The van der Waals surface area contributed by atoms with Crippen LogP contribution in [-0.4, -0.2) is 14.5 Å². The number of hydrogen-bond acceptors (Lipinski definition) is 2. The molecule has 3 rings (SSSR count). The molecule has 0 saturated heterocycles. The third-order valence-electron chi connectivity index (χ3n) is 3.07. The van der Waals surface area contributed by atoms with Gasteiger partial charge < -0.3 is 0 Å². The molecule has 0 amide bonds. The van der Waals surface area contributed by atoms with Crippen molar-refractivity contribution in [2.45, 2.75) is 13.8 Å². The topological polar surface area (TPSA) is 30.7 Å². The van der Waals surface area contributed by atoms with Crippen molar-refractivity contribution >= 4 is 15.9 Å². The van der Waals surface area contributed by atoms with Gasteiger partial charge in [-0.2, -0.15) is 0 Å². The molecule has 0 N–H and O–H groups in total. The van der Waals surface area contributed by atoms with E-state index >= 15 is 0 Å². The molecule has 0 spiro atoms. The van der Waals surface area contributed by atoms with Crippen molar-refractivity contribution in [1.29, 1.82) is 0 Å². The summed E-state index contributed by atoms with van der Waals surface area (Å²) in [6, 6.07) is 12.3. The van der Waals surface area contributed by atoms with Crippen molar-refractivity contribution in [3.05, 3.63) is 64.5 Å². The summed E-state index contributed by atoms with van der Waals surface area (Å²) in [7, 11) is 0. The van der Waals surface area contributed by atoms with Crippen LogP contribution in [0, 0.1) is 13.8 Å². The molecule has 1 aromatic carbocycles. The molecule has 20 heavy (non-hydrogen) atoms. The minimum Gasteiger partial charge on any atom is -0.284 e. The normalized spacial score (nSPS) is 10.8. The molecule has 0 radical (unpaired) electrons. The largest absolute Gasteiger partial charge is 0.284 e. The van der Waals surface area contributed by atoms with Crippen molar-refractivity contribution < 1.29 is 0 Å². The molecule has 3 aromatic rings. The van der Waals surface area contributed by atoms with Crippen molar-refractivity contribution in [3.63, 3.8) is 0 Å². The summed E-state index contributed by atoms with van der Waals surface area (Å²) < 4.78 is 3.08. The lowest BCUT2D eigenvalue weighted by Crippen LogP contribution is -2.01. The molecule has 0 aliphatic heterocycles. The standard InChI is InChI=1S/C16H14BrN3/c1-11-9-12(2)19-15(10-11)20-8-7-18-16(20)13-3-5-14(17)6-4-13/h3-10H,1-2H3. The van der Waals surface area contributed by atoms with Gasteiger partial charge in [-0.1, -0.05) is 28.1 Å². The number of hydrogen-bond donors (Lipinski definition) is 0. The van der Waals surface area contributed by atoms with Gasteiger partial charge in [-0.3, -0.25) is 4.57 Å². The first-order valence-electron chi connectivity index (χ1n) is 6.38. The SMILES string of the molecule is Cc1cc(C)nc(-n2ccnc2-c2ccc(Br)cc2)c1. The summed E-state index contributed by atoms with van der Waals surface area (Å²) in [6.45, 7) is 4.08. The zero-order chi connectivity index (χ0) is 14.1. The fourth-order valence-corrected chi connectivity index (χ4v) is 2.51. The van der Waals surface area contributed by atoms with Crippen molar-refractivity contribution in [2.75, 3.05) is 0 Å². The molecule has 2 heterocycles. The first-order valence-corrected chi connectivity index (χ1v) is 7.18. The van der Waals surface area contributed by atoms with Crippen LogP contribution in [0.5, 0.6) is 0 Å². The van der Waals surface area contributed by atoms with E-state index in [4.69, 9.17) is 0 Å². The molecule has 4 heteroatoms. The number of rotatable bonds is 2. The monoisotopic (exact) mass is 327 g/mol. The van der Waals surface area contributed by atoms with Crippen LogP contribution in [0.1, 0.15) is 11.3 Å². The molecule has 3 nitrogen and oxygen atoms in total. The Morgan fingerprint density at radius 3 is 2.50 bits per heavy atom. The van der Waals surface area contributed by atoms with Gasteiger partial charge in [-0.15, -0.1) is 0 Å². The Hall–Kier alpha value is -1.94. The molecule has 0 bridgehead atoms. The first kappa shape index (κ1) is 13.1. The third kappa shape index (κ3) is 2.51. The lowest BCUT2D eigenvalue weighted by Gasteiger charge is -2.09. The summed E-state index contributed by atoms with van der Waals surface area (Å²) in [6.07, 6.45) is 3.75. The van der Waals surface area contributed by atoms with E-state index in [0.29, 0.717) is 0 Å². The van der Waals surface area contributed by atoms with E-state index in [1.54, 1.807) is 6.20 Å². The number of aromatic nitrogens is 3. The molecule has 0 saturated carbocycles. The van der Waals surface area contributed by atoms with Crippen LogP contribution in [0.3, 0.4) is 0 Å². The maximum absolute atomic E-state index is 4.59. The number of imidazole rings is 1. The Kier molecular flexibility index (Phi) is 3.40. The molecule has 0 atom stereocenters. The van der Waals surface area contributed by atoms with Gasteiger partial charge in [-0.05, 0) is 43.7 Å². The predicted octanol–water partition coefficient (Wildman–Crippen LogP) is 4.31. The zero-order valence-electron chi connectivity index (χ0n) is 11.3. The van der Waals surface area contributed by atoms with Crippen LogP contribution in [0.15, 0.2) is 53.3 Å². The molecule has 0 fully saturated rings. The second-order valence-electron chi connectivity index (χ2n) is 4.77. The average molecular weight is 328 g/mol. The summed E-state index contributed by atoms with van der Waals surface area (Å²) in [5.74, 6) is 1.80. The van der Waals surface area contributed by atoms with Gasteiger partial charge >= 0.3 is 0 Å². The first-order chi connectivity index (χ1) is 9.63. The number of aryl methyl sites for hydroxylation is 2. The number of nitrogens with zero attached hydrogens (tertiary/aromatic N) is 3. The van der Waals surface area contributed by atoms with Crippen LogP contribution in [0.25, 0.3) is 17.2 Å². The smallest absolute Gasteiger partial charge is 0.145 e. The molecule has 2 aromatic heterocycles. The van der Waals surface area contributed by atoms with Crippen LogP contribution >= 0.6 is 15.9 Å². The summed E-state index contributed by atoms with van der Waals surface area (Å²) >= 11 is 3.45. The van der Waals surface area contributed by atoms with Crippen molar-refractivity contribution in [1.82, 2.24) is 14.5 Å². The number of benzene rings is 1. The highest BCUT2D eigenvalue weighted by molar-refractivity contribution is 9.10. The fraction of sp³-hybridized carbons (Fsp3) is 0.125. The summed E-state index contributed by atoms with van der Waals surface area (Å²) in [4.78, 5) is 9.05. The van der Waals surface area contributed by atoms with Gasteiger partial charge in [0.1, 0.15) is 11.6 Å². The highest BCUT2D eigenvalue weighted by Gasteiger charge is 2.09. The molecule has 0 unspecified atom stereocenters. The third-order valence-corrected chi connectivity index (χ3v) is 3.60. The Bertz CT molecular complexity index is 724. The Labute approximate surface area is 126 Å². The van der Waals surface area contributed by atoms with Gasteiger partial charge in [0, 0.05) is 28.1 Å². The fourth-order valence-electron chi connectivity index (χ4n) is 2.24. The van der Waals surface area contributed by atoms with E-state index in [0.717, 1.165) is 27.4 Å². The zero-order valence-corrected chi connectivity index (χ0v) is 12.9. The van der Waals surface area contributed by atoms with Crippen LogP contribution in [-0.2, 0) is 0 Å². The van der Waals surface area contributed by atoms with E-state index in [2.05, 4.69) is 45.0 Å². The highest BCUT2D eigenvalue weighted by atomic mass is 79.9. The maximum atomic E-state index is 4.59. The van der Waals surface area contributed by atoms with Crippen LogP contribution < -0.4 is 0 Å². The Morgan fingerprint density at radius 1 is 1.05 bits per heavy atom. The Balaban J connectivity index is 2.12. The minimum atomic E-state index is 0.898. The second-order valence-corrected chi connectivity index (χ2v) is 5.69. The Morgan fingerprint density at radius 2 is 1.80 bits per heavy atom. The lowest BCUT2D eigenvalue weighted by molar-refractivity contribution is 0.978. The molecule has 100 valence electrons. The molecular formula is C16H14BrN3. The highest BCUT2D eigenvalue weighted by Crippen LogP contribution is 2.23. The molecule has 0 aliphatic rings. The predicted molar refractivity (Wildman–Crippen MR) is 84.0 cm³/mol. The van der Waals surface area contributed by atoms with Crippen molar-refractivity contribution in [2.24, 2.45) is 0 Å². The molecule has 0 aliphatic carbocycles. The minimum absolute atomic E-state index is 0.898. The van der Waals surface area contributed by atoms with E-state index in [1.807, 2.05) is 42.0 Å². The maximum Gasteiger partial charge on any atom is 0.145 e. The van der Waals surface area contributed by atoms with Crippen LogP contribution in [0.2, 0.25) is 0 Å². The molecular weight excluding hydrogens is 314 g/mol. The lowest BCUT2D eigenvalue weighted by atomic mass is 10.2. The van der Waals surface area contributed by atoms with Gasteiger partial charge in [0.15, 0.2) is 0 Å². The van der Waals surface area contributed by atoms with Crippen LogP contribution in [0.4, 0.5) is 0 Å². The summed E-state index contributed by atoms with van der Waals surface area (Å²) in [5, 5.41) is 0. The van der Waals surface area contributed by atoms with Gasteiger partial charge in [0.05, 0.1) is 0 Å².